The van der Waals surface area contributed by atoms with Crippen LogP contribution < -0.4 is 10.1 Å². The van der Waals surface area contributed by atoms with Gasteiger partial charge in [0, 0.05) is 5.56 Å². The number of thioether (sulfide) groups is 1. The molecule has 1 heterocycles. The van der Waals surface area contributed by atoms with Gasteiger partial charge in [-0.1, -0.05) is 18.7 Å². The van der Waals surface area contributed by atoms with Gasteiger partial charge in [0.1, 0.15) is 5.75 Å². The third kappa shape index (κ3) is 4.99. The normalized spacial score (nSPS) is 10.2. The van der Waals surface area contributed by atoms with Crippen LogP contribution in [0.25, 0.3) is 0 Å². The summed E-state index contributed by atoms with van der Waals surface area (Å²) in [5.41, 5.74) is 0.391. The van der Waals surface area contributed by atoms with Gasteiger partial charge in [-0.25, -0.2) is 9.89 Å². The summed E-state index contributed by atoms with van der Waals surface area (Å²) >= 11 is 1.47. The second-order valence-electron chi connectivity index (χ2n) is 4.16. The monoisotopic (exact) mass is 336 g/mol. The van der Waals surface area contributed by atoms with Crippen molar-refractivity contribution in [2.45, 2.75) is 19.0 Å². The molecule has 0 bridgehead atoms. The number of carbonyl (C=O) groups excluding carboxylic acids is 2. The minimum Gasteiger partial charge on any atom is -0.434 e. The maximum atomic E-state index is 12.1. The zero-order chi connectivity index (χ0) is 16.7. The molecule has 122 valence electrons. The van der Waals surface area contributed by atoms with E-state index in [1.165, 1.54) is 36.0 Å². The molecule has 0 aliphatic carbocycles. The van der Waals surface area contributed by atoms with Crippen LogP contribution in [0.15, 0.2) is 29.4 Å². The van der Waals surface area contributed by atoms with E-state index >= 15 is 0 Å². The molecular weight excluding hydrogens is 320 g/mol. The van der Waals surface area contributed by atoms with Gasteiger partial charge in [-0.05, 0) is 36.9 Å². The summed E-state index contributed by atoms with van der Waals surface area (Å²) < 4.78 is 9.58. The van der Waals surface area contributed by atoms with E-state index < -0.39 is 6.16 Å². The summed E-state index contributed by atoms with van der Waals surface area (Å²) in [7, 11) is 0. The zero-order valence-corrected chi connectivity index (χ0v) is 13.5. The van der Waals surface area contributed by atoms with E-state index in [9.17, 15) is 9.59 Å². The summed E-state index contributed by atoms with van der Waals surface area (Å²) in [6, 6.07) is 6.07. The fourth-order valence-corrected chi connectivity index (χ4v) is 2.12. The summed E-state index contributed by atoms with van der Waals surface area (Å²) in [5, 5.41) is 9.77. The number of carbonyl (C=O) groups is 2. The Balaban J connectivity index is 1.95. The van der Waals surface area contributed by atoms with Gasteiger partial charge in [0.25, 0.3) is 5.91 Å². The van der Waals surface area contributed by atoms with Crippen LogP contribution in [0.2, 0.25) is 0 Å². The van der Waals surface area contributed by atoms with Crippen molar-refractivity contribution in [1.29, 1.82) is 0 Å². The van der Waals surface area contributed by atoms with Crippen molar-refractivity contribution < 1.29 is 19.1 Å². The summed E-state index contributed by atoms with van der Waals surface area (Å²) in [4.78, 5) is 27.4. The van der Waals surface area contributed by atoms with Crippen LogP contribution in [0.4, 0.5) is 10.7 Å². The highest BCUT2D eigenvalue weighted by Crippen LogP contribution is 2.15. The van der Waals surface area contributed by atoms with Gasteiger partial charge in [0.15, 0.2) is 0 Å². The van der Waals surface area contributed by atoms with Crippen LogP contribution in [-0.2, 0) is 4.74 Å². The van der Waals surface area contributed by atoms with Crippen molar-refractivity contribution in [1.82, 2.24) is 15.2 Å². The van der Waals surface area contributed by atoms with E-state index in [4.69, 9.17) is 4.74 Å². The second-order valence-corrected chi connectivity index (χ2v) is 5.39. The number of aromatic nitrogens is 3. The molecule has 0 saturated carbocycles. The van der Waals surface area contributed by atoms with Crippen molar-refractivity contribution >= 4 is 29.8 Å². The molecule has 1 aromatic heterocycles. The predicted molar refractivity (Wildman–Crippen MR) is 84.8 cm³/mol. The predicted octanol–water partition coefficient (Wildman–Crippen LogP) is 2.70. The number of anilines is 1. The molecule has 0 aliphatic rings. The number of aromatic amines is 1. The zero-order valence-electron chi connectivity index (χ0n) is 12.7. The Bertz CT molecular complexity index is 672. The molecule has 0 aliphatic heterocycles. The fraction of sp³-hybridized carbons (Fsp3) is 0.286. The number of nitrogens with zero attached hydrogens (tertiary/aromatic N) is 2. The topological polar surface area (TPSA) is 106 Å². The molecule has 1 aromatic carbocycles. The molecule has 2 aromatic rings. The SMILES string of the molecule is CCOC(=O)Oc1ccc(C(=O)Nc2nc(SCC)n[nH]2)cc1. The quantitative estimate of drug-likeness (QED) is 0.474. The number of benzene rings is 1. The third-order valence-electron chi connectivity index (χ3n) is 2.55. The summed E-state index contributed by atoms with van der Waals surface area (Å²) in [5.74, 6) is 1.06. The maximum Gasteiger partial charge on any atom is 0.513 e. The Labute approximate surface area is 137 Å². The van der Waals surface area contributed by atoms with E-state index in [-0.39, 0.29) is 18.5 Å². The lowest BCUT2D eigenvalue weighted by Gasteiger charge is -2.05. The lowest BCUT2D eigenvalue weighted by molar-refractivity contribution is 0.102. The van der Waals surface area contributed by atoms with E-state index in [0.717, 1.165) is 5.75 Å². The van der Waals surface area contributed by atoms with Gasteiger partial charge < -0.3 is 9.47 Å². The minimum absolute atomic E-state index is 0.231. The molecule has 0 atom stereocenters. The third-order valence-corrected chi connectivity index (χ3v) is 3.28. The maximum absolute atomic E-state index is 12.1. The van der Waals surface area contributed by atoms with Crippen LogP contribution in [0.1, 0.15) is 24.2 Å². The van der Waals surface area contributed by atoms with Crippen molar-refractivity contribution in [3.05, 3.63) is 29.8 Å². The Morgan fingerprint density at radius 1 is 1.26 bits per heavy atom. The minimum atomic E-state index is -0.785. The second kappa shape index (κ2) is 8.18. The van der Waals surface area contributed by atoms with Crippen LogP contribution in [0.3, 0.4) is 0 Å². The van der Waals surface area contributed by atoms with E-state index in [0.29, 0.717) is 16.5 Å². The number of hydrogen-bond acceptors (Lipinski definition) is 7. The van der Waals surface area contributed by atoms with E-state index in [1.54, 1.807) is 6.92 Å². The average Bonchev–Trinajstić information content (AvgIpc) is 2.95. The van der Waals surface area contributed by atoms with Gasteiger partial charge in [0.05, 0.1) is 6.61 Å². The molecule has 0 saturated heterocycles. The van der Waals surface area contributed by atoms with E-state index in [2.05, 4.69) is 25.2 Å². The van der Waals surface area contributed by atoms with E-state index in [1.807, 2.05) is 6.92 Å². The number of rotatable bonds is 6. The summed E-state index contributed by atoms with van der Waals surface area (Å²) in [6.07, 6.45) is -0.785. The lowest BCUT2D eigenvalue weighted by atomic mass is 10.2. The molecule has 0 spiro atoms. The molecule has 8 nitrogen and oxygen atoms in total. The highest BCUT2D eigenvalue weighted by Gasteiger charge is 2.11. The van der Waals surface area contributed by atoms with Crippen molar-refractivity contribution in [2.24, 2.45) is 0 Å². The number of H-pyrrole nitrogens is 1. The van der Waals surface area contributed by atoms with Gasteiger partial charge in [-0.15, -0.1) is 5.10 Å². The highest BCUT2D eigenvalue weighted by atomic mass is 32.2. The Hall–Kier alpha value is -2.55. The Kier molecular flexibility index (Phi) is 5.98. The molecule has 2 N–H and O–H groups in total. The molecule has 9 heteroatoms. The first-order chi connectivity index (χ1) is 11.1. The highest BCUT2D eigenvalue weighted by molar-refractivity contribution is 7.99. The smallest absolute Gasteiger partial charge is 0.434 e. The van der Waals surface area contributed by atoms with Crippen molar-refractivity contribution in [3.63, 3.8) is 0 Å². The number of nitrogens with one attached hydrogen (secondary N) is 2. The molecule has 23 heavy (non-hydrogen) atoms. The molecular formula is C14H16N4O4S. The first-order valence-electron chi connectivity index (χ1n) is 6.93. The first-order valence-corrected chi connectivity index (χ1v) is 7.92. The van der Waals surface area contributed by atoms with Crippen LogP contribution >= 0.6 is 11.8 Å². The fourth-order valence-electron chi connectivity index (χ4n) is 1.59. The lowest BCUT2D eigenvalue weighted by Crippen LogP contribution is -2.13. The van der Waals surface area contributed by atoms with Gasteiger partial charge in [0.2, 0.25) is 11.1 Å². The van der Waals surface area contributed by atoms with Crippen LogP contribution in [-0.4, -0.2) is 39.6 Å². The van der Waals surface area contributed by atoms with Crippen molar-refractivity contribution in [3.8, 4) is 5.75 Å². The standard InChI is InChI=1S/C14H16N4O4S/c1-3-21-14(20)22-10-7-5-9(6-8-10)11(19)15-12-16-13(18-17-12)23-4-2/h5-8H,3-4H2,1-2H3,(H2,15,16,17,18,19). The molecule has 0 radical (unpaired) electrons. The number of amides is 1. The molecule has 0 fully saturated rings. The van der Waals surface area contributed by atoms with Crippen LogP contribution in [0.5, 0.6) is 5.75 Å². The number of hydrogen-bond donors (Lipinski definition) is 2. The Morgan fingerprint density at radius 2 is 2.00 bits per heavy atom. The number of ether oxygens (including phenoxy) is 2. The summed E-state index contributed by atoms with van der Waals surface area (Å²) in [6.45, 7) is 3.90. The molecule has 1 amide bonds. The van der Waals surface area contributed by atoms with Gasteiger partial charge in [-0.2, -0.15) is 4.98 Å². The average molecular weight is 336 g/mol. The van der Waals surface area contributed by atoms with Crippen molar-refractivity contribution in [2.75, 3.05) is 17.7 Å². The Morgan fingerprint density at radius 3 is 2.65 bits per heavy atom. The van der Waals surface area contributed by atoms with Gasteiger partial charge in [-0.3, -0.25) is 10.1 Å². The van der Waals surface area contributed by atoms with Gasteiger partial charge >= 0.3 is 6.16 Å². The largest absolute Gasteiger partial charge is 0.513 e. The molecule has 0 unspecified atom stereocenters. The first kappa shape index (κ1) is 16.8. The van der Waals surface area contributed by atoms with Crippen LogP contribution in [0, 0.1) is 0 Å². The molecule has 2 rings (SSSR count).